The Kier molecular flexibility index (Phi) is 15.2. The third kappa shape index (κ3) is 10.8. The number of fused-ring (bicyclic) bond motifs is 3. The SMILES string of the molecule is CC.CN(CCOCc1ccccc1)C(=O)OCC1C2=C=C(C=CC=C2)c2ccccc21.NC=O.c1ccc2c(c1)CCCC2. The van der Waals surface area contributed by atoms with Crippen LogP contribution in [0.25, 0.3) is 5.57 Å². The second kappa shape index (κ2) is 19.6. The zero-order valence-corrected chi connectivity index (χ0v) is 26.8. The highest BCUT2D eigenvalue weighted by atomic mass is 16.6. The summed E-state index contributed by atoms with van der Waals surface area (Å²) in [4.78, 5) is 22.6. The fraction of sp³-hybridized carbons (Fsp3) is 0.308. The summed E-state index contributed by atoms with van der Waals surface area (Å²) < 4.78 is 11.3. The Morgan fingerprint density at radius 3 is 2.20 bits per heavy atom. The lowest BCUT2D eigenvalue weighted by atomic mass is 9.82. The van der Waals surface area contributed by atoms with Crippen molar-refractivity contribution >= 4 is 18.1 Å². The number of ether oxygens (including phenoxy) is 2. The Balaban J connectivity index is 0.000000304. The first-order valence-electron chi connectivity index (χ1n) is 15.8. The van der Waals surface area contributed by atoms with Crippen LogP contribution in [0.5, 0.6) is 0 Å². The molecule has 2 amide bonds. The predicted octanol–water partition coefficient (Wildman–Crippen LogP) is 7.80. The first-order valence-corrected chi connectivity index (χ1v) is 15.8. The minimum atomic E-state index is -0.345. The van der Waals surface area contributed by atoms with Crippen molar-refractivity contribution in [2.45, 2.75) is 52.1 Å². The fourth-order valence-electron chi connectivity index (χ4n) is 5.30. The number of allylic oxidation sites excluding steroid dienone is 4. The van der Waals surface area contributed by atoms with E-state index in [1.54, 1.807) is 23.1 Å². The van der Waals surface area contributed by atoms with Gasteiger partial charge >= 0.3 is 6.09 Å². The average molecular weight is 607 g/mol. The van der Waals surface area contributed by atoms with Crippen LogP contribution in [0, 0.1) is 0 Å². The number of aryl methyl sites for hydroxylation is 2. The van der Waals surface area contributed by atoms with E-state index in [1.165, 1.54) is 31.2 Å². The summed E-state index contributed by atoms with van der Waals surface area (Å²) in [6.45, 7) is 5.75. The van der Waals surface area contributed by atoms with Gasteiger partial charge in [0.2, 0.25) is 6.41 Å². The Morgan fingerprint density at radius 1 is 0.911 bits per heavy atom. The molecule has 3 aliphatic carbocycles. The van der Waals surface area contributed by atoms with E-state index in [0.29, 0.717) is 19.8 Å². The number of nitrogens with zero attached hydrogens (tertiary/aromatic N) is 1. The van der Waals surface area contributed by atoms with Gasteiger partial charge in [0.05, 0.1) is 19.1 Å². The molecule has 0 fully saturated rings. The molecule has 45 heavy (non-hydrogen) atoms. The summed E-state index contributed by atoms with van der Waals surface area (Å²) in [6, 6.07) is 27.0. The second-order valence-corrected chi connectivity index (χ2v) is 10.5. The summed E-state index contributed by atoms with van der Waals surface area (Å²) >= 11 is 0. The molecule has 2 N–H and O–H groups in total. The summed E-state index contributed by atoms with van der Waals surface area (Å²) in [5.41, 5.74) is 16.3. The molecule has 0 heterocycles. The Hall–Kier alpha value is -4.64. The van der Waals surface area contributed by atoms with Crippen molar-refractivity contribution in [3.8, 4) is 0 Å². The van der Waals surface area contributed by atoms with Gasteiger partial charge in [-0.25, -0.2) is 4.79 Å². The van der Waals surface area contributed by atoms with Crippen LogP contribution in [0.1, 0.15) is 60.4 Å². The van der Waals surface area contributed by atoms with E-state index in [2.05, 4.69) is 53.9 Å². The van der Waals surface area contributed by atoms with Crippen molar-refractivity contribution in [3.05, 3.63) is 142 Å². The third-order valence-corrected chi connectivity index (χ3v) is 7.56. The lowest BCUT2D eigenvalue weighted by molar-refractivity contribution is -0.106. The molecule has 3 aliphatic rings. The lowest BCUT2D eigenvalue weighted by Gasteiger charge is -2.25. The van der Waals surface area contributed by atoms with Gasteiger partial charge in [-0.15, -0.1) is 5.73 Å². The summed E-state index contributed by atoms with van der Waals surface area (Å²) in [5.74, 6) is -0.0206. The van der Waals surface area contributed by atoms with E-state index in [4.69, 9.17) is 14.3 Å². The minimum absolute atomic E-state index is 0.0206. The van der Waals surface area contributed by atoms with Crippen LogP contribution in [-0.2, 0) is 33.7 Å². The van der Waals surface area contributed by atoms with Gasteiger partial charge < -0.3 is 20.1 Å². The normalized spacial score (nSPS) is 14.9. The number of carbonyl (C=O) groups excluding carboxylic acids is 2. The monoisotopic (exact) mass is 606 g/mol. The first-order chi connectivity index (χ1) is 22.1. The van der Waals surface area contributed by atoms with Crippen LogP contribution >= 0.6 is 0 Å². The van der Waals surface area contributed by atoms with Crippen molar-refractivity contribution in [3.63, 3.8) is 0 Å². The number of hydrogen-bond donors (Lipinski definition) is 1. The van der Waals surface area contributed by atoms with Crippen LogP contribution in [0.15, 0.2) is 114 Å². The van der Waals surface area contributed by atoms with Gasteiger partial charge in [-0.1, -0.05) is 111 Å². The van der Waals surface area contributed by atoms with Gasteiger partial charge in [0.25, 0.3) is 0 Å². The molecule has 3 aromatic rings. The Morgan fingerprint density at radius 2 is 1.51 bits per heavy atom. The van der Waals surface area contributed by atoms with Crippen LogP contribution in [0.2, 0.25) is 0 Å². The van der Waals surface area contributed by atoms with Gasteiger partial charge in [-0.05, 0) is 59.6 Å². The topological polar surface area (TPSA) is 81.9 Å². The van der Waals surface area contributed by atoms with Gasteiger partial charge in [0, 0.05) is 24.7 Å². The Labute approximate surface area is 268 Å². The highest BCUT2D eigenvalue weighted by Gasteiger charge is 2.25. The van der Waals surface area contributed by atoms with Gasteiger partial charge in [-0.2, -0.15) is 0 Å². The summed E-state index contributed by atoms with van der Waals surface area (Å²) in [6.07, 6.45) is 13.4. The molecule has 0 spiro atoms. The maximum absolute atomic E-state index is 12.5. The van der Waals surface area contributed by atoms with E-state index in [0.717, 1.165) is 22.3 Å². The van der Waals surface area contributed by atoms with Crippen molar-refractivity contribution in [2.24, 2.45) is 5.73 Å². The van der Waals surface area contributed by atoms with Crippen LogP contribution < -0.4 is 5.73 Å². The van der Waals surface area contributed by atoms with Gasteiger partial charge in [0.15, 0.2) is 0 Å². The maximum Gasteiger partial charge on any atom is 0.409 e. The first kappa shape index (κ1) is 34.8. The fourth-order valence-corrected chi connectivity index (χ4v) is 5.30. The smallest absolute Gasteiger partial charge is 0.409 e. The molecule has 0 saturated heterocycles. The number of hydrogen-bond acceptors (Lipinski definition) is 4. The Bertz CT molecular complexity index is 1460. The predicted molar refractivity (Wildman–Crippen MR) is 183 cm³/mol. The molecule has 0 radical (unpaired) electrons. The number of rotatable bonds is 7. The van der Waals surface area contributed by atoms with Crippen LogP contribution in [0.4, 0.5) is 4.79 Å². The van der Waals surface area contributed by atoms with Crippen LogP contribution in [-0.4, -0.2) is 44.2 Å². The quantitative estimate of drug-likeness (QED) is 0.169. The van der Waals surface area contributed by atoms with Crippen molar-refractivity contribution in [2.75, 3.05) is 26.8 Å². The molecule has 0 saturated carbocycles. The standard InChI is InChI=1S/C26H25NO3.C10H12.C2H6.CH3NO/c1-27(15-16-29-18-20-9-3-2-4-10-20)26(28)30-19-25-22-12-6-5-11-21(17-22)23-13-7-8-14-24(23)25;1-2-6-10-8-4-3-7-9(10)5-1;1-2;2-1-3/h2-14,25H,15-16,18-19H2,1H3;1-2,5-6H,3-4,7-8H2;1-2H3;1H,(H2,2,3). The summed E-state index contributed by atoms with van der Waals surface area (Å²) in [5, 5.41) is 0. The van der Waals surface area contributed by atoms with E-state index in [-0.39, 0.29) is 25.0 Å². The van der Waals surface area contributed by atoms with E-state index >= 15 is 0 Å². The maximum atomic E-state index is 12.5. The van der Waals surface area contributed by atoms with E-state index in [9.17, 15) is 4.79 Å². The van der Waals surface area contributed by atoms with E-state index < -0.39 is 0 Å². The molecular weight excluding hydrogens is 560 g/mol. The number of benzene rings is 3. The number of likely N-dealkylation sites (N-methyl/N-ethyl adjacent to an activating group) is 1. The average Bonchev–Trinajstić information content (AvgIpc) is 3.32. The zero-order chi connectivity index (χ0) is 32.3. The third-order valence-electron chi connectivity index (χ3n) is 7.56. The number of primary amides is 1. The number of nitrogens with two attached hydrogens (primary N) is 1. The van der Waals surface area contributed by atoms with Crippen LogP contribution in [0.3, 0.4) is 0 Å². The van der Waals surface area contributed by atoms with Crippen molar-refractivity contribution < 1.29 is 19.1 Å². The minimum Gasteiger partial charge on any atom is -0.448 e. The number of amides is 2. The van der Waals surface area contributed by atoms with Crippen molar-refractivity contribution in [1.29, 1.82) is 0 Å². The van der Waals surface area contributed by atoms with Gasteiger partial charge in [-0.3, -0.25) is 4.79 Å². The summed E-state index contributed by atoms with van der Waals surface area (Å²) in [7, 11) is 1.73. The molecule has 6 nitrogen and oxygen atoms in total. The van der Waals surface area contributed by atoms with Gasteiger partial charge in [0.1, 0.15) is 6.61 Å². The molecule has 6 heteroatoms. The highest BCUT2D eigenvalue weighted by Crippen LogP contribution is 2.37. The van der Waals surface area contributed by atoms with E-state index in [1.807, 2.05) is 74.5 Å². The molecule has 0 aliphatic heterocycles. The molecular formula is C39H46N2O4. The molecule has 1 atom stereocenters. The molecule has 1 unspecified atom stereocenters. The lowest BCUT2D eigenvalue weighted by Crippen LogP contribution is -2.32. The molecule has 236 valence electrons. The second-order valence-electron chi connectivity index (χ2n) is 10.5. The molecule has 6 rings (SSSR count). The number of carbonyl (C=O) groups is 2. The molecule has 2 bridgehead atoms. The van der Waals surface area contributed by atoms with Crippen molar-refractivity contribution in [1.82, 2.24) is 4.90 Å². The molecule has 3 aromatic carbocycles. The largest absolute Gasteiger partial charge is 0.448 e. The zero-order valence-electron chi connectivity index (χ0n) is 26.8. The molecule has 0 aromatic heterocycles. The highest BCUT2D eigenvalue weighted by molar-refractivity contribution is 5.80.